The molecule has 4 heteroatoms. The van der Waals surface area contributed by atoms with Gasteiger partial charge in [0.25, 0.3) is 5.91 Å². The Hall–Kier alpha value is -1.45. The summed E-state index contributed by atoms with van der Waals surface area (Å²) in [6.45, 7) is 0. The lowest BCUT2D eigenvalue weighted by atomic mass is 9.96. The third kappa shape index (κ3) is 4.01. The first-order chi connectivity index (χ1) is 9.16. The highest BCUT2D eigenvalue weighted by Crippen LogP contribution is 2.18. The van der Waals surface area contributed by atoms with E-state index < -0.39 is 17.5 Å². The molecule has 0 spiro atoms. The van der Waals surface area contributed by atoms with Crippen LogP contribution in [0.5, 0.6) is 0 Å². The molecule has 0 aromatic heterocycles. The maximum absolute atomic E-state index is 13.5. The van der Waals surface area contributed by atoms with Gasteiger partial charge in [-0.2, -0.15) is 0 Å². The number of amides is 1. The average molecular weight is 267 g/mol. The fourth-order valence-corrected chi connectivity index (χ4v) is 2.54. The fraction of sp³-hybridized carbons (Fsp3) is 0.533. The Morgan fingerprint density at radius 2 is 1.68 bits per heavy atom. The van der Waals surface area contributed by atoms with Gasteiger partial charge in [0.05, 0.1) is 5.56 Å². The van der Waals surface area contributed by atoms with Gasteiger partial charge < -0.3 is 5.32 Å². The second kappa shape index (κ2) is 6.64. The van der Waals surface area contributed by atoms with Crippen molar-refractivity contribution >= 4 is 5.91 Å². The zero-order chi connectivity index (χ0) is 13.7. The van der Waals surface area contributed by atoms with E-state index in [2.05, 4.69) is 5.32 Å². The molecule has 0 radical (unpaired) electrons. The summed E-state index contributed by atoms with van der Waals surface area (Å²) < 4.78 is 26.6. The molecule has 0 aliphatic heterocycles. The summed E-state index contributed by atoms with van der Waals surface area (Å²) in [4.78, 5) is 12.0. The average Bonchev–Trinajstić information content (AvgIpc) is 2.35. The third-order valence-electron chi connectivity index (χ3n) is 3.61. The minimum absolute atomic E-state index is 0.0791. The first kappa shape index (κ1) is 14.0. The van der Waals surface area contributed by atoms with Crippen LogP contribution in [0.1, 0.15) is 55.3 Å². The molecule has 1 saturated carbocycles. The van der Waals surface area contributed by atoms with E-state index >= 15 is 0 Å². The predicted molar refractivity (Wildman–Crippen MR) is 69.9 cm³/mol. The molecule has 2 rings (SSSR count). The number of nitrogens with one attached hydrogen (secondary N) is 1. The topological polar surface area (TPSA) is 29.1 Å². The van der Waals surface area contributed by atoms with E-state index in [0.717, 1.165) is 43.9 Å². The molecule has 104 valence electrons. The molecule has 0 atom stereocenters. The van der Waals surface area contributed by atoms with Crippen LogP contribution in [-0.4, -0.2) is 11.9 Å². The van der Waals surface area contributed by atoms with Crippen molar-refractivity contribution in [2.45, 2.75) is 51.0 Å². The molecule has 1 amide bonds. The first-order valence-electron chi connectivity index (χ1n) is 6.93. The fourth-order valence-electron chi connectivity index (χ4n) is 2.54. The molecule has 1 aliphatic carbocycles. The van der Waals surface area contributed by atoms with E-state index in [1.165, 1.54) is 19.3 Å². The standard InChI is InChI=1S/C15H19F2NO/c16-11-8-9-14(17)13(10-11)15(19)18-12-6-4-2-1-3-5-7-12/h8-10,12H,1-7H2,(H,18,19). The number of carbonyl (C=O) groups excluding carboxylic acids is 1. The normalized spacial score (nSPS) is 17.6. The molecule has 2 nitrogen and oxygen atoms in total. The van der Waals surface area contributed by atoms with Crippen LogP contribution in [0.4, 0.5) is 8.78 Å². The first-order valence-corrected chi connectivity index (χ1v) is 6.93. The zero-order valence-electron chi connectivity index (χ0n) is 10.9. The predicted octanol–water partition coefficient (Wildman–Crippen LogP) is 3.81. The van der Waals surface area contributed by atoms with Gasteiger partial charge in [0.2, 0.25) is 0 Å². The van der Waals surface area contributed by atoms with Gasteiger partial charge in [0, 0.05) is 6.04 Å². The van der Waals surface area contributed by atoms with E-state index in [9.17, 15) is 13.6 Å². The van der Waals surface area contributed by atoms with E-state index in [1.54, 1.807) is 0 Å². The molecule has 1 aliphatic rings. The summed E-state index contributed by atoms with van der Waals surface area (Å²) in [5, 5.41) is 2.83. The monoisotopic (exact) mass is 267 g/mol. The molecular formula is C15H19F2NO. The lowest BCUT2D eigenvalue weighted by molar-refractivity contribution is 0.0926. The Bertz CT molecular complexity index is 440. The van der Waals surface area contributed by atoms with E-state index in [0.29, 0.717) is 0 Å². The van der Waals surface area contributed by atoms with Crippen molar-refractivity contribution in [1.29, 1.82) is 0 Å². The summed E-state index contributed by atoms with van der Waals surface area (Å²) in [6.07, 6.45) is 7.61. The molecule has 0 saturated heterocycles. The minimum Gasteiger partial charge on any atom is -0.349 e. The van der Waals surface area contributed by atoms with Crippen LogP contribution >= 0.6 is 0 Å². The van der Waals surface area contributed by atoms with Gasteiger partial charge in [-0.15, -0.1) is 0 Å². The van der Waals surface area contributed by atoms with Crippen molar-refractivity contribution in [1.82, 2.24) is 5.32 Å². The van der Waals surface area contributed by atoms with E-state index in [4.69, 9.17) is 0 Å². The smallest absolute Gasteiger partial charge is 0.254 e. The Kier molecular flexibility index (Phi) is 4.88. The highest BCUT2D eigenvalue weighted by atomic mass is 19.1. The van der Waals surface area contributed by atoms with Crippen molar-refractivity contribution in [2.24, 2.45) is 0 Å². The SMILES string of the molecule is O=C(NC1CCCCCCC1)c1cc(F)ccc1F. The summed E-state index contributed by atoms with van der Waals surface area (Å²) in [7, 11) is 0. The Labute approximate surface area is 112 Å². The molecule has 19 heavy (non-hydrogen) atoms. The number of hydrogen-bond acceptors (Lipinski definition) is 1. The summed E-state index contributed by atoms with van der Waals surface area (Å²) >= 11 is 0. The molecule has 0 bridgehead atoms. The van der Waals surface area contributed by atoms with Crippen molar-refractivity contribution in [3.8, 4) is 0 Å². The number of carbonyl (C=O) groups is 1. The minimum atomic E-state index is -0.676. The van der Waals surface area contributed by atoms with Gasteiger partial charge in [0.1, 0.15) is 11.6 Å². The van der Waals surface area contributed by atoms with Crippen LogP contribution in [0.15, 0.2) is 18.2 Å². The largest absolute Gasteiger partial charge is 0.349 e. The van der Waals surface area contributed by atoms with Crippen LogP contribution in [-0.2, 0) is 0 Å². The molecule has 1 N–H and O–H groups in total. The Balaban J connectivity index is 2.00. The molecule has 1 aromatic rings. The van der Waals surface area contributed by atoms with Crippen LogP contribution < -0.4 is 5.32 Å². The number of benzene rings is 1. The van der Waals surface area contributed by atoms with Crippen LogP contribution in [0.3, 0.4) is 0 Å². The quantitative estimate of drug-likeness (QED) is 0.867. The van der Waals surface area contributed by atoms with E-state index in [1.807, 2.05) is 0 Å². The second-order valence-corrected chi connectivity index (χ2v) is 5.14. The number of rotatable bonds is 2. The van der Waals surface area contributed by atoms with Gasteiger partial charge in [-0.3, -0.25) is 4.79 Å². The van der Waals surface area contributed by atoms with Gasteiger partial charge in [-0.1, -0.05) is 32.1 Å². The lowest BCUT2D eigenvalue weighted by Gasteiger charge is -2.21. The third-order valence-corrected chi connectivity index (χ3v) is 3.61. The molecule has 1 aromatic carbocycles. The maximum Gasteiger partial charge on any atom is 0.254 e. The highest BCUT2D eigenvalue weighted by molar-refractivity contribution is 5.94. The number of halogens is 2. The summed E-state index contributed by atoms with van der Waals surface area (Å²) in [5.74, 6) is -1.78. The maximum atomic E-state index is 13.5. The molecule has 0 heterocycles. The molecule has 1 fully saturated rings. The van der Waals surface area contributed by atoms with Crippen LogP contribution in [0.25, 0.3) is 0 Å². The molecule has 0 unspecified atom stereocenters. The Morgan fingerprint density at radius 3 is 2.37 bits per heavy atom. The summed E-state index contributed by atoms with van der Waals surface area (Å²) in [6, 6.07) is 3.04. The second-order valence-electron chi connectivity index (χ2n) is 5.14. The van der Waals surface area contributed by atoms with Gasteiger partial charge in [-0.05, 0) is 31.0 Å². The van der Waals surface area contributed by atoms with Crippen molar-refractivity contribution in [3.63, 3.8) is 0 Å². The van der Waals surface area contributed by atoms with Gasteiger partial charge in [0.15, 0.2) is 0 Å². The van der Waals surface area contributed by atoms with Crippen molar-refractivity contribution in [2.75, 3.05) is 0 Å². The highest BCUT2D eigenvalue weighted by Gasteiger charge is 2.18. The van der Waals surface area contributed by atoms with Crippen molar-refractivity contribution < 1.29 is 13.6 Å². The number of hydrogen-bond donors (Lipinski definition) is 1. The summed E-state index contributed by atoms with van der Waals surface area (Å²) in [5.41, 5.74) is -0.206. The van der Waals surface area contributed by atoms with Crippen LogP contribution in [0.2, 0.25) is 0 Å². The van der Waals surface area contributed by atoms with Gasteiger partial charge in [-0.25, -0.2) is 8.78 Å². The van der Waals surface area contributed by atoms with Crippen molar-refractivity contribution in [3.05, 3.63) is 35.4 Å². The molecular weight excluding hydrogens is 248 g/mol. The van der Waals surface area contributed by atoms with Gasteiger partial charge >= 0.3 is 0 Å². The lowest BCUT2D eigenvalue weighted by Crippen LogP contribution is -2.35. The zero-order valence-corrected chi connectivity index (χ0v) is 10.9. The van der Waals surface area contributed by atoms with E-state index in [-0.39, 0.29) is 11.6 Å². The Morgan fingerprint density at radius 1 is 1.05 bits per heavy atom. The van der Waals surface area contributed by atoms with Crippen LogP contribution in [0, 0.1) is 11.6 Å².